The van der Waals surface area contributed by atoms with E-state index >= 15 is 0 Å². The van der Waals surface area contributed by atoms with Gasteiger partial charge < -0.3 is 4.90 Å². The number of pyridine rings is 1. The third-order valence-corrected chi connectivity index (χ3v) is 7.81. The van der Waals surface area contributed by atoms with Gasteiger partial charge in [0.15, 0.2) is 5.65 Å². The normalized spacial score (nSPS) is 21.1. The van der Waals surface area contributed by atoms with Gasteiger partial charge in [-0.1, -0.05) is 42.0 Å². The molecule has 0 N–H and O–H groups in total. The Balaban J connectivity index is 1.59. The summed E-state index contributed by atoms with van der Waals surface area (Å²) in [5.41, 5.74) is 5.50. The van der Waals surface area contributed by atoms with Crippen LogP contribution in [0.15, 0.2) is 60.3 Å². The maximum atomic E-state index is 11.9. The van der Waals surface area contributed by atoms with Crippen molar-refractivity contribution in [1.29, 1.82) is 0 Å². The van der Waals surface area contributed by atoms with Crippen LogP contribution in [-0.4, -0.2) is 49.4 Å². The standard InChI is InChI=1S/C28H32ClN5O/c1-18-16-22(17-33-19(2)30-31-27(18)33)26-11-10-25(21-12-14-32(15-13-21)20(3)35)34(26)28(4,5)23-6-8-24(29)9-7-23/h6-12,16-17,25-26H,13-15H2,1-5H3. The van der Waals surface area contributed by atoms with Crippen LogP contribution in [0.1, 0.15) is 55.7 Å². The largest absolute Gasteiger partial charge is 0.339 e. The van der Waals surface area contributed by atoms with Gasteiger partial charge in [0.05, 0.1) is 12.1 Å². The zero-order valence-corrected chi connectivity index (χ0v) is 21.8. The quantitative estimate of drug-likeness (QED) is 0.461. The van der Waals surface area contributed by atoms with Crippen LogP contribution in [0.2, 0.25) is 5.02 Å². The van der Waals surface area contributed by atoms with E-state index in [0.29, 0.717) is 6.54 Å². The zero-order chi connectivity index (χ0) is 24.9. The highest BCUT2D eigenvalue weighted by atomic mass is 35.5. The first-order chi connectivity index (χ1) is 16.7. The fourth-order valence-corrected chi connectivity index (χ4v) is 5.67. The van der Waals surface area contributed by atoms with Crippen molar-refractivity contribution in [2.75, 3.05) is 13.1 Å². The van der Waals surface area contributed by atoms with Crippen molar-refractivity contribution in [1.82, 2.24) is 24.4 Å². The Bertz CT molecular complexity index is 1340. The van der Waals surface area contributed by atoms with Crippen molar-refractivity contribution in [3.8, 4) is 0 Å². The second kappa shape index (κ2) is 8.92. The molecule has 5 rings (SSSR count). The minimum Gasteiger partial charge on any atom is -0.339 e. The van der Waals surface area contributed by atoms with Crippen molar-refractivity contribution < 1.29 is 4.79 Å². The molecule has 3 aromatic rings. The Labute approximate surface area is 211 Å². The lowest BCUT2D eigenvalue weighted by atomic mass is 9.87. The molecule has 0 spiro atoms. The van der Waals surface area contributed by atoms with E-state index in [4.69, 9.17) is 11.6 Å². The van der Waals surface area contributed by atoms with Crippen LogP contribution in [0, 0.1) is 13.8 Å². The maximum absolute atomic E-state index is 11.9. The van der Waals surface area contributed by atoms with Gasteiger partial charge in [-0.2, -0.15) is 0 Å². The molecule has 2 atom stereocenters. The van der Waals surface area contributed by atoms with Crippen molar-refractivity contribution in [2.24, 2.45) is 0 Å². The Hall–Kier alpha value is -2.96. The highest BCUT2D eigenvalue weighted by Crippen LogP contribution is 2.45. The van der Waals surface area contributed by atoms with E-state index in [2.05, 4.69) is 82.9 Å². The molecule has 0 fully saturated rings. The van der Waals surface area contributed by atoms with Crippen LogP contribution in [0.4, 0.5) is 0 Å². The molecule has 6 nitrogen and oxygen atoms in total. The van der Waals surface area contributed by atoms with Gasteiger partial charge in [-0.25, -0.2) is 0 Å². The topological polar surface area (TPSA) is 53.7 Å². The van der Waals surface area contributed by atoms with Crippen molar-refractivity contribution in [2.45, 2.75) is 58.7 Å². The minimum atomic E-state index is -0.285. The molecule has 2 aliphatic heterocycles. The van der Waals surface area contributed by atoms with Gasteiger partial charge in [0, 0.05) is 36.8 Å². The van der Waals surface area contributed by atoms with Gasteiger partial charge in [0.25, 0.3) is 0 Å². The van der Waals surface area contributed by atoms with Crippen LogP contribution in [-0.2, 0) is 10.3 Å². The summed E-state index contributed by atoms with van der Waals surface area (Å²) < 4.78 is 2.09. The summed E-state index contributed by atoms with van der Waals surface area (Å²) in [6, 6.07) is 10.6. The van der Waals surface area contributed by atoms with Gasteiger partial charge in [-0.3, -0.25) is 14.1 Å². The Morgan fingerprint density at radius 3 is 2.46 bits per heavy atom. The number of carbonyl (C=O) groups excluding carboxylic acids is 1. The first-order valence-electron chi connectivity index (χ1n) is 12.2. The first-order valence-corrected chi connectivity index (χ1v) is 12.5. The third kappa shape index (κ3) is 4.19. The summed E-state index contributed by atoms with van der Waals surface area (Å²) >= 11 is 6.23. The van der Waals surface area contributed by atoms with Crippen LogP contribution in [0.5, 0.6) is 0 Å². The Morgan fingerprint density at radius 1 is 1.09 bits per heavy atom. The van der Waals surface area contributed by atoms with Gasteiger partial charge >= 0.3 is 0 Å². The summed E-state index contributed by atoms with van der Waals surface area (Å²) in [6.45, 7) is 11.7. The third-order valence-electron chi connectivity index (χ3n) is 7.56. The molecule has 7 heteroatoms. The highest BCUT2D eigenvalue weighted by Gasteiger charge is 2.42. The van der Waals surface area contributed by atoms with Gasteiger partial charge in [0.1, 0.15) is 5.82 Å². The number of rotatable bonds is 4. The van der Waals surface area contributed by atoms with E-state index in [9.17, 15) is 4.79 Å². The predicted molar refractivity (Wildman–Crippen MR) is 139 cm³/mol. The monoisotopic (exact) mass is 489 g/mol. The molecule has 0 radical (unpaired) electrons. The van der Waals surface area contributed by atoms with Crippen LogP contribution in [0.3, 0.4) is 0 Å². The molecular weight excluding hydrogens is 458 g/mol. The number of nitrogens with zero attached hydrogens (tertiary/aromatic N) is 5. The average molecular weight is 490 g/mol. The van der Waals surface area contributed by atoms with Crippen molar-refractivity contribution in [3.63, 3.8) is 0 Å². The summed E-state index contributed by atoms with van der Waals surface area (Å²) in [4.78, 5) is 16.4. The number of amides is 1. The second-order valence-corrected chi connectivity index (χ2v) is 10.6. The molecule has 4 heterocycles. The summed E-state index contributed by atoms with van der Waals surface area (Å²) in [5.74, 6) is 1.01. The lowest BCUT2D eigenvalue weighted by molar-refractivity contribution is -0.128. The number of aromatic nitrogens is 3. The molecule has 0 saturated heterocycles. The SMILES string of the molecule is CC(=O)N1CC=C(C2C=CC(c3cc(C)c4nnc(C)n4c3)N2C(C)(C)c2ccc(Cl)cc2)CC1. The van der Waals surface area contributed by atoms with Gasteiger partial charge in [-0.15, -0.1) is 10.2 Å². The number of hydrogen-bond donors (Lipinski definition) is 0. The molecule has 1 aromatic carbocycles. The van der Waals surface area contributed by atoms with E-state index in [1.807, 2.05) is 24.0 Å². The average Bonchev–Trinajstić information content (AvgIpc) is 3.44. The lowest BCUT2D eigenvalue weighted by Gasteiger charge is -2.45. The molecule has 0 saturated carbocycles. The predicted octanol–water partition coefficient (Wildman–Crippen LogP) is 5.39. The number of halogens is 1. The summed E-state index contributed by atoms with van der Waals surface area (Å²) in [7, 11) is 0. The summed E-state index contributed by atoms with van der Waals surface area (Å²) in [6.07, 6.45) is 9.94. The molecule has 2 unspecified atom stereocenters. The molecule has 1 amide bonds. The van der Waals surface area contributed by atoms with Gasteiger partial charge in [0.2, 0.25) is 5.91 Å². The second-order valence-electron chi connectivity index (χ2n) is 10.1. The highest BCUT2D eigenvalue weighted by molar-refractivity contribution is 6.30. The fourth-order valence-electron chi connectivity index (χ4n) is 5.54. The van der Waals surface area contributed by atoms with E-state index in [1.165, 1.54) is 16.7 Å². The smallest absolute Gasteiger partial charge is 0.219 e. The van der Waals surface area contributed by atoms with Crippen molar-refractivity contribution >= 4 is 23.2 Å². The summed E-state index contributed by atoms with van der Waals surface area (Å²) in [5, 5.41) is 9.37. The van der Waals surface area contributed by atoms with E-state index in [-0.39, 0.29) is 23.5 Å². The first kappa shape index (κ1) is 23.8. The molecule has 0 aliphatic carbocycles. The number of carbonyl (C=O) groups is 1. The molecule has 182 valence electrons. The number of hydrogen-bond acceptors (Lipinski definition) is 4. The number of aryl methyl sites for hydroxylation is 2. The Kier molecular flexibility index (Phi) is 6.06. The molecular formula is C28H32ClN5O. The molecule has 2 aromatic heterocycles. The van der Waals surface area contributed by atoms with Crippen molar-refractivity contribution in [3.05, 3.63) is 87.9 Å². The Morgan fingerprint density at radius 2 is 1.80 bits per heavy atom. The van der Waals surface area contributed by atoms with Crippen LogP contribution >= 0.6 is 11.6 Å². The lowest BCUT2D eigenvalue weighted by Crippen LogP contribution is -2.48. The molecule has 35 heavy (non-hydrogen) atoms. The van der Waals surface area contributed by atoms with Crippen LogP contribution < -0.4 is 0 Å². The maximum Gasteiger partial charge on any atom is 0.219 e. The van der Waals surface area contributed by atoms with Crippen LogP contribution in [0.25, 0.3) is 5.65 Å². The molecule has 0 bridgehead atoms. The van der Waals surface area contributed by atoms with E-state index < -0.39 is 0 Å². The fraction of sp³-hybridized carbons (Fsp3) is 0.393. The zero-order valence-electron chi connectivity index (χ0n) is 21.0. The minimum absolute atomic E-state index is 0.0716. The number of fused-ring (bicyclic) bond motifs is 1. The van der Waals surface area contributed by atoms with Gasteiger partial charge in [-0.05, 0) is 74.6 Å². The van der Waals surface area contributed by atoms with E-state index in [1.54, 1.807) is 6.92 Å². The van der Waals surface area contributed by atoms with E-state index in [0.717, 1.165) is 35.0 Å². The number of benzene rings is 1. The molecule has 2 aliphatic rings.